The number of hydrogen-bond acceptors (Lipinski definition) is 5. The van der Waals surface area contributed by atoms with Crippen LogP contribution in [-0.2, 0) is 12.8 Å². The van der Waals surface area contributed by atoms with Crippen molar-refractivity contribution in [3.8, 4) is 0 Å². The summed E-state index contributed by atoms with van der Waals surface area (Å²) in [4.78, 5) is 9.75. The van der Waals surface area contributed by atoms with Gasteiger partial charge in [0.2, 0.25) is 0 Å². The summed E-state index contributed by atoms with van der Waals surface area (Å²) in [5, 5.41) is 6.71. The highest BCUT2D eigenvalue weighted by molar-refractivity contribution is 8.02. The number of aliphatic imine (C=N–C) groups is 1. The maximum Gasteiger partial charge on any atom is 0.0904 e. The van der Waals surface area contributed by atoms with Crippen molar-refractivity contribution in [1.29, 1.82) is 0 Å². The molecule has 0 bridgehead atoms. The number of thioether (sulfide) groups is 1. The molecule has 2 aromatic rings. The van der Waals surface area contributed by atoms with E-state index in [0.29, 0.717) is 0 Å². The molecule has 0 saturated heterocycles. The third kappa shape index (κ3) is 4.48. The van der Waals surface area contributed by atoms with Crippen LogP contribution >= 0.6 is 23.1 Å². The van der Waals surface area contributed by atoms with Crippen molar-refractivity contribution in [2.24, 2.45) is 4.99 Å². The van der Waals surface area contributed by atoms with E-state index in [1.54, 1.807) is 23.1 Å². The minimum absolute atomic E-state index is 0.805. The number of para-hydroxylation sites is 1. The van der Waals surface area contributed by atoms with E-state index >= 15 is 0 Å². The minimum Gasteiger partial charge on any atom is -0.375 e. The van der Waals surface area contributed by atoms with Crippen molar-refractivity contribution in [1.82, 2.24) is 4.98 Å². The standard InChI is InChI=1S/C19H25N3S2/c1-6-15-9-8-10-16(7-2)18(15)21-12-23-11-17(20-5)19-13(3)22-14(4)24-19/h8-11,21H,5-7,12H2,1-4H3/b17-11-. The second-order valence-electron chi connectivity index (χ2n) is 5.45. The predicted molar refractivity (Wildman–Crippen MR) is 110 cm³/mol. The Bertz CT molecular complexity index is 710. The van der Waals surface area contributed by atoms with Gasteiger partial charge in [0.15, 0.2) is 0 Å². The van der Waals surface area contributed by atoms with Gasteiger partial charge in [-0.3, -0.25) is 4.99 Å². The number of aryl methyl sites for hydroxylation is 4. The fraction of sp³-hybridized carbons (Fsp3) is 0.368. The number of hydrogen-bond donors (Lipinski definition) is 1. The molecule has 0 aliphatic rings. The van der Waals surface area contributed by atoms with Gasteiger partial charge in [0, 0.05) is 5.69 Å². The average Bonchev–Trinajstić information content (AvgIpc) is 2.93. The second kappa shape index (κ2) is 9.04. The Balaban J connectivity index is 2.06. The molecule has 0 amide bonds. The number of rotatable bonds is 8. The third-order valence-electron chi connectivity index (χ3n) is 3.83. The Morgan fingerprint density at radius 1 is 1.29 bits per heavy atom. The molecule has 0 unspecified atom stereocenters. The molecule has 0 aliphatic heterocycles. The molecule has 1 aromatic heterocycles. The van der Waals surface area contributed by atoms with Gasteiger partial charge < -0.3 is 5.32 Å². The number of nitrogens with zero attached hydrogens (tertiary/aromatic N) is 2. The number of aromatic nitrogens is 1. The minimum atomic E-state index is 0.805. The molecule has 3 nitrogen and oxygen atoms in total. The summed E-state index contributed by atoms with van der Waals surface area (Å²) >= 11 is 3.37. The Hall–Kier alpha value is -1.59. The number of anilines is 1. The molecule has 128 valence electrons. The lowest BCUT2D eigenvalue weighted by Crippen LogP contribution is -2.03. The Kier molecular flexibility index (Phi) is 7.06. The molecule has 0 radical (unpaired) electrons. The van der Waals surface area contributed by atoms with Gasteiger partial charge in [-0.1, -0.05) is 32.0 Å². The van der Waals surface area contributed by atoms with Crippen molar-refractivity contribution in [3.05, 3.63) is 50.3 Å². The van der Waals surface area contributed by atoms with Crippen LogP contribution in [0.25, 0.3) is 5.70 Å². The fourth-order valence-electron chi connectivity index (χ4n) is 2.64. The number of nitrogens with one attached hydrogen (secondary N) is 1. The van der Waals surface area contributed by atoms with Crippen LogP contribution in [0.2, 0.25) is 0 Å². The van der Waals surface area contributed by atoms with Gasteiger partial charge in [0.25, 0.3) is 0 Å². The Morgan fingerprint density at radius 2 is 1.96 bits per heavy atom. The third-order valence-corrected chi connectivity index (χ3v) is 5.63. The molecule has 24 heavy (non-hydrogen) atoms. The summed E-state index contributed by atoms with van der Waals surface area (Å²) in [5.41, 5.74) is 5.95. The van der Waals surface area contributed by atoms with E-state index in [9.17, 15) is 0 Å². The summed E-state index contributed by atoms with van der Waals surface area (Å²) in [6.07, 6.45) is 2.07. The lowest BCUT2D eigenvalue weighted by Gasteiger charge is -2.14. The molecular formula is C19H25N3S2. The average molecular weight is 360 g/mol. The van der Waals surface area contributed by atoms with E-state index in [1.165, 1.54) is 16.8 Å². The quantitative estimate of drug-likeness (QED) is 0.374. The Labute approximate surface area is 153 Å². The monoisotopic (exact) mass is 359 g/mol. The fourth-order valence-corrected chi connectivity index (χ4v) is 4.27. The topological polar surface area (TPSA) is 37.3 Å². The van der Waals surface area contributed by atoms with Crippen LogP contribution in [0.3, 0.4) is 0 Å². The Morgan fingerprint density at radius 3 is 2.46 bits per heavy atom. The van der Waals surface area contributed by atoms with Gasteiger partial charge in [-0.15, -0.1) is 23.1 Å². The first-order valence-corrected chi connectivity index (χ1v) is 10.0. The van der Waals surface area contributed by atoms with Crippen LogP contribution in [0.5, 0.6) is 0 Å². The zero-order chi connectivity index (χ0) is 17.5. The van der Waals surface area contributed by atoms with Crippen molar-refractivity contribution in [2.45, 2.75) is 40.5 Å². The van der Waals surface area contributed by atoms with Crippen molar-refractivity contribution in [3.63, 3.8) is 0 Å². The molecule has 0 spiro atoms. The van der Waals surface area contributed by atoms with Crippen molar-refractivity contribution >= 4 is 41.2 Å². The summed E-state index contributed by atoms with van der Waals surface area (Å²) in [5.74, 6) is 0.805. The zero-order valence-electron chi connectivity index (χ0n) is 14.8. The molecule has 0 aliphatic carbocycles. The summed E-state index contributed by atoms with van der Waals surface area (Å²) in [6.45, 7) is 12.1. The predicted octanol–water partition coefficient (Wildman–Crippen LogP) is 5.69. The van der Waals surface area contributed by atoms with Crippen molar-refractivity contribution < 1.29 is 0 Å². The summed E-state index contributed by atoms with van der Waals surface area (Å²) in [7, 11) is 0. The van der Waals surface area contributed by atoms with Gasteiger partial charge in [-0.25, -0.2) is 4.98 Å². The first kappa shape index (κ1) is 18.7. The van der Waals surface area contributed by atoms with E-state index in [-0.39, 0.29) is 0 Å². The van der Waals surface area contributed by atoms with Crippen molar-refractivity contribution in [2.75, 3.05) is 11.2 Å². The van der Waals surface area contributed by atoms with Crippen LogP contribution in [0, 0.1) is 13.8 Å². The zero-order valence-corrected chi connectivity index (χ0v) is 16.5. The highest BCUT2D eigenvalue weighted by Crippen LogP contribution is 2.29. The molecule has 1 aromatic carbocycles. The number of benzene rings is 1. The second-order valence-corrected chi connectivity index (χ2v) is 7.52. The normalized spacial score (nSPS) is 11.6. The molecule has 1 N–H and O–H groups in total. The first-order chi connectivity index (χ1) is 11.6. The lowest BCUT2D eigenvalue weighted by molar-refractivity contribution is 1.08. The maximum atomic E-state index is 4.47. The molecule has 1 heterocycles. The molecule has 0 atom stereocenters. The van der Waals surface area contributed by atoms with Gasteiger partial charge >= 0.3 is 0 Å². The molecule has 0 fully saturated rings. The van der Waals surface area contributed by atoms with E-state index < -0.39 is 0 Å². The lowest BCUT2D eigenvalue weighted by atomic mass is 10.0. The highest BCUT2D eigenvalue weighted by atomic mass is 32.2. The first-order valence-electron chi connectivity index (χ1n) is 8.18. The van der Waals surface area contributed by atoms with Gasteiger partial charge in [0.1, 0.15) is 0 Å². The van der Waals surface area contributed by atoms with E-state index in [2.05, 4.69) is 59.5 Å². The maximum absolute atomic E-state index is 4.47. The molecule has 5 heteroatoms. The smallest absolute Gasteiger partial charge is 0.0904 e. The van der Waals surface area contributed by atoms with Gasteiger partial charge in [0.05, 0.1) is 27.2 Å². The molecule has 2 rings (SSSR count). The highest BCUT2D eigenvalue weighted by Gasteiger charge is 2.09. The van der Waals surface area contributed by atoms with Crippen LogP contribution in [-0.4, -0.2) is 17.6 Å². The van der Waals surface area contributed by atoms with Crippen LogP contribution in [0.4, 0.5) is 5.69 Å². The van der Waals surface area contributed by atoms with Crippen LogP contribution in [0.15, 0.2) is 28.6 Å². The van der Waals surface area contributed by atoms with Gasteiger partial charge in [-0.2, -0.15) is 0 Å². The van der Waals surface area contributed by atoms with E-state index in [1.807, 2.05) is 13.8 Å². The largest absolute Gasteiger partial charge is 0.375 e. The van der Waals surface area contributed by atoms with Crippen LogP contribution < -0.4 is 5.32 Å². The van der Waals surface area contributed by atoms with E-state index in [0.717, 1.165) is 40.0 Å². The summed E-state index contributed by atoms with van der Waals surface area (Å²) in [6, 6.07) is 6.54. The van der Waals surface area contributed by atoms with Crippen LogP contribution in [0.1, 0.15) is 40.6 Å². The SMILES string of the molecule is C=N/C(=C\SCNc1c(CC)cccc1CC)c1sc(C)nc1C. The van der Waals surface area contributed by atoms with Gasteiger partial charge in [-0.05, 0) is 49.9 Å². The molecular weight excluding hydrogens is 334 g/mol. The molecule has 0 saturated carbocycles. The summed E-state index contributed by atoms with van der Waals surface area (Å²) < 4.78 is 0. The number of thiazole rings is 1. The van der Waals surface area contributed by atoms with E-state index in [4.69, 9.17) is 0 Å².